The first-order valence-electron chi connectivity index (χ1n) is 5.46. The maximum absolute atomic E-state index is 11.7. The first-order chi connectivity index (χ1) is 8.32. The van der Waals surface area contributed by atoms with Crippen molar-refractivity contribution in [1.82, 2.24) is 9.62 Å². The Morgan fingerprint density at radius 1 is 1.50 bits per heavy atom. The Bertz CT molecular complexity index is 457. The maximum Gasteiger partial charge on any atom is 0.328 e. The van der Waals surface area contributed by atoms with E-state index in [1.165, 1.54) is 10.4 Å². The average molecular weight is 276 g/mol. The summed E-state index contributed by atoms with van der Waals surface area (Å²) in [4.78, 5) is 21.9. The molecule has 0 bridgehead atoms. The zero-order valence-corrected chi connectivity index (χ0v) is 10.8. The Labute approximate surface area is 106 Å². The third-order valence-corrected chi connectivity index (χ3v) is 3.88. The van der Waals surface area contributed by atoms with Gasteiger partial charge in [-0.15, -0.1) is 0 Å². The molecule has 1 atom stereocenters. The van der Waals surface area contributed by atoms with Crippen molar-refractivity contribution in [3.8, 4) is 0 Å². The highest BCUT2D eigenvalue weighted by atomic mass is 32.2. The summed E-state index contributed by atoms with van der Waals surface area (Å²) in [5.74, 6) is -1.49. The highest BCUT2D eigenvalue weighted by Gasteiger charge is 2.35. The number of carbonyl (C=O) groups excluding carboxylic acids is 1. The van der Waals surface area contributed by atoms with Gasteiger partial charge in [0, 0.05) is 19.2 Å². The van der Waals surface area contributed by atoms with E-state index in [1.54, 1.807) is 0 Å². The van der Waals surface area contributed by atoms with Crippen LogP contribution in [0.4, 0.5) is 0 Å². The molecule has 0 radical (unpaired) electrons. The van der Waals surface area contributed by atoms with Crippen molar-refractivity contribution in [3.05, 3.63) is 12.2 Å². The first-order valence-corrected chi connectivity index (χ1v) is 7.31. The van der Waals surface area contributed by atoms with E-state index in [4.69, 9.17) is 5.11 Å². The van der Waals surface area contributed by atoms with Crippen LogP contribution >= 0.6 is 0 Å². The molecule has 1 fully saturated rings. The number of hydrogen-bond acceptors (Lipinski definition) is 4. The van der Waals surface area contributed by atoms with Crippen molar-refractivity contribution in [2.24, 2.45) is 0 Å². The lowest BCUT2D eigenvalue weighted by atomic mass is 10.2. The van der Waals surface area contributed by atoms with E-state index in [-0.39, 0.29) is 6.54 Å². The predicted octanol–water partition coefficient (Wildman–Crippen LogP) is -0.833. The molecule has 0 aliphatic carbocycles. The number of rotatable bonds is 5. The summed E-state index contributed by atoms with van der Waals surface area (Å²) < 4.78 is 24.0. The second kappa shape index (κ2) is 5.96. The minimum atomic E-state index is -3.38. The van der Waals surface area contributed by atoms with Crippen LogP contribution in [0.1, 0.15) is 12.8 Å². The Hall–Kier alpha value is -1.41. The molecule has 1 rings (SSSR count). The lowest BCUT2D eigenvalue weighted by Crippen LogP contribution is -2.45. The molecule has 0 aromatic rings. The highest BCUT2D eigenvalue weighted by Crippen LogP contribution is 2.20. The van der Waals surface area contributed by atoms with Gasteiger partial charge >= 0.3 is 5.97 Å². The lowest BCUT2D eigenvalue weighted by molar-refractivity contribution is -0.131. The zero-order chi connectivity index (χ0) is 13.8. The molecular weight excluding hydrogens is 260 g/mol. The normalized spacial score (nSPS) is 21.3. The minimum absolute atomic E-state index is 0.0687. The van der Waals surface area contributed by atoms with E-state index in [2.05, 4.69) is 5.32 Å². The van der Waals surface area contributed by atoms with Crippen molar-refractivity contribution < 1.29 is 23.1 Å². The Kier molecular flexibility index (Phi) is 4.85. The van der Waals surface area contributed by atoms with Gasteiger partial charge in [0.25, 0.3) is 0 Å². The molecule has 2 N–H and O–H groups in total. The number of hydrogen-bond donors (Lipinski definition) is 2. The van der Waals surface area contributed by atoms with Gasteiger partial charge in [-0.3, -0.25) is 4.79 Å². The van der Waals surface area contributed by atoms with Crippen molar-refractivity contribution in [3.63, 3.8) is 0 Å². The van der Waals surface area contributed by atoms with Gasteiger partial charge in [-0.1, -0.05) is 6.08 Å². The summed E-state index contributed by atoms with van der Waals surface area (Å²) in [5, 5.41) is 10.8. The number of carbonyl (C=O) groups is 2. The van der Waals surface area contributed by atoms with Crippen LogP contribution in [0, 0.1) is 0 Å². The van der Waals surface area contributed by atoms with Crippen LogP contribution in [0.25, 0.3) is 0 Å². The fourth-order valence-corrected chi connectivity index (χ4v) is 2.96. The van der Waals surface area contributed by atoms with Crippen LogP contribution in [-0.4, -0.2) is 55.1 Å². The maximum atomic E-state index is 11.7. The minimum Gasteiger partial charge on any atom is -0.478 e. The summed E-state index contributed by atoms with van der Waals surface area (Å²) in [5.41, 5.74) is 0. The van der Waals surface area contributed by atoms with Crippen LogP contribution in [0.3, 0.4) is 0 Å². The van der Waals surface area contributed by atoms with Gasteiger partial charge in [0.1, 0.15) is 6.04 Å². The quantitative estimate of drug-likeness (QED) is 0.638. The van der Waals surface area contributed by atoms with Gasteiger partial charge in [0.15, 0.2) is 0 Å². The topological polar surface area (TPSA) is 104 Å². The molecule has 1 saturated heterocycles. The summed E-state index contributed by atoms with van der Waals surface area (Å²) in [6, 6.07) is -0.682. The molecule has 7 nitrogen and oxygen atoms in total. The first kappa shape index (κ1) is 14.7. The van der Waals surface area contributed by atoms with Crippen molar-refractivity contribution in [2.45, 2.75) is 18.9 Å². The summed E-state index contributed by atoms with van der Waals surface area (Å²) >= 11 is 0. The Balaban J connectivity index is 2.54. The van der Waals surface area contributed by atoms with E-state index in [9.17, 15) is 18.0 Å². The second-order valence-electron chi connectivity index (χ2n) is 4.02. The number of amides is 1. The largest absolute Gasteiger partial charge is 0.478 e. The smallest absolute Gasteiger partial charge is 0.328 e. The molecule has 102 valence electrons. The van der Waals surface area contributed by atoms with E-state index in [0.717, 1.165) is 12.3 Å². The van der Waals surface area contributed by atoms with Crippen molar-refractivity contribution >= 4 is 21.9 Å². The number of carboxylic acid groups (broad SMARTS) is 1. The van der Waals surface area contributed by atoms with Gasteiger partial charge < -0.3 is 10.4 Å². The molecule has 1 unspecified atom stereocenters. The van der Waals surface area contributed by atoms with Gasteiger partial charge in [0.05, 0.1) is 6.26 Å². The molecule has 1 aliphatic heterocycles. The van der Waals surface area contributed by atoms with E-state index < -0.39 is 27.9 Å². The predicted molar refractivity (Wildman–Crippen MR) is 64.4 cm³/mol. The van der Waals surface area contributed by atoms with Gasteiger partial charge in [0.2, 0.25) is 15.9 Å². The van der Waals surface area contributed by atoms with E-state index in [1.807, 2.05) is 0 Å². The summed E-state index contributed by atoms with van der Waals surface area (Å²) in [6.07, 6.45) is 4.42. The van der Waals surface area contributed by atoms with Gasteiger partial charge in [-0.05, 0) is 12.8 Å². The third kappa shape index (κ3) is 4.11. The molecule has 18 heavy (non-hydrogen) atoms. The average Bonchev–Trinajstić information content (AvgIpc) is 2.72. The van der Waals surface area contributed by atoms with Crippen LogP contribution in [0.15, 0.2) is 12.2 Å². The monoisotopic (exact) mass is 276 g/mol. The fraction of sp³-hybridized carbons (Fsp3) is 0.600. The number of sulfonamides is 1. The molecule has 1 amide bonds. The Morgan fingerprint density at radius 2 is 2.17 bits per heavy atom. The Morgan fingerprint density at radius 3 is 2.72 bits per heavy atom. The molecule has 8 heteroatoms. The van der Waals surface area contributed by atoms with Gasteiger partial charge in [-0.25, -0.2) is 13.2 Å². The van der Waals surface area contributed by atoms with Crippen LogP contribution in [0.2, 0.25) is 0 Å². The number of nitrogens with one attached hydrogen (secondary N) is 1. The van der Waals surface area contributed by atoms with Crippen molar-refractivity contribution in [2.75, 3.05) is 19.3 Å². The molecule has 1 heterocycles. The molecule has 0 aromatic heterocycles. The summed E-state index contributed by atoms with van der Waals surface area (Å²) in [6.45, 7) is 0.418. The van der Waals surface area contributed by atoms with Crippen LogP contribution < -0.4 is 5.32 Å². The van der Waals surface area contributed by atoms with Gasteiger partial charge in [-0.2, -0.15) is 4.31 Å². The lowest BCUT2D eigenvalue weighted by Gasteiger charge is -2.20. The third-order valence-electron chi connectivity index (χ3n) is 2.59. The molecule has 0 aromatic carbocycles. The van der Waals surface area contributed by atoms with E-state index in [0.29, 0.717) is 19.4 Å². The number of carboxylic acids is 1. The zero-order valence-electron chi connectivity index (χ0n) is 10.00. The summed E-state index contributed by atoms with van der Waals surface area (Å²) in [7, 11) is -3.38. The number of nitrogens with zero attached hydrogens (tertiary/aromatic N) is 1. The fourth-order valence-electron chi connectivity index (χ4n) is 1.84. The van der Waals surface area contributed by atoms with E-state index >= 15 is 0 Å². The molecule has 0 saturated carbocycles. The van der Waals surface area contributed by atoms with Crippen molar-refractivity contribution in [1.29, 1.82) is 0 Å². The molecular formula is C10H16N2O5S. The SMILES string of the molecule is CS(=O)(=O)N1CCCC1C(=O)NC/C=C/C(=O)O. The molecule has 1 aliphatic rings. The second-order valence-corrected chi connectivity index (χ2v) is 5.95. The molecule has 0 spiro atoms. The van der Waals surface area contributed by atoms with Crippen LogP contribution in [-0.2, 0) is 19.6 Å². The highest BCUT2D eigenvalue weighted by molar-refractivity contribution is 7.88. The van der Waals surface area contributed by atoms with Crippen LogP contribution in [0.5, 0.6) is 0 Å². The standard InChI is InChI=1S/C10H16N2O5S/c1-18(16,17)12-7-3-4-8(12)10(15)11-6-2-5-9(13)14/h2,5,8H,3-4,6-7H2,1H3,(H,11,15)(H,13,14)/b5-2+. The number of aliphatic carboxylic acids is 1.